The summed E-state index contributed by atoms with van der Waals surface area (Å²) in [6.45, 7) is 8.16. The molecule has 15 nitrogen and oxygen atoms in total. The molecule has 0 aliphatic carbocycles. The van der Waals surface area contributed by atoms with Crippen molar-refractivity contribution >= 4 is 41.6 Å². The quantitative estimate of drug-likeness (QED) is 0.148. The van der Waals surface area contributed by atoms with Crippen LogP contribution in [0.4, 0.5) is 11.6 Å². The van der Waals surface area contributed by atoms with E-state index in [4.69, 9.17) is 20.5 Å². The van der Waals surface area contributed by atoms with Gasteiger partial charge in [-0.3, -0.25) is 4.57 Å². The molecule has 0 bridgehead atoms. The van der Waals surface area contributed by atoms with E-state index in [0.717, 1.165) is 0 Å². The van der Waals surface area contributed by atoms with E-state index < -0.39 is 19.7 Å². The maximum absolute atomic E-state index is 13.0. The minimum absolute atomic E-state index is 0.183. The van der Waals surface area contributed by atoms with Crippen LogP contribution in [0.3, 0.4) is 0 Å². The second-order valence-corrected chi connectivity index (χ2v) is 10.3. The Hall–Kier alpha value is -3.75. The maximum atomic E-state index is 13.0. The zero-order chi connectivity index (χ0) is 26.7. The molecule has 0 saturated carbocycles. The molecule has 4 rings (SSSR count). The second-order valence-electron chi connectivity index (χ2n) is 8.20. The Balaban J connectivity index is 1.39. The lowest BCUT2D eigenvalue weighted by Crippen LogP contribution is -2.19. The van der Waals surface area contributed by atoms with E-state index in [1.165, 1.54) is 32.0 Å². The third-order valence-electron chi connectivity index (χ3n) is 5.70. The average Bonchev–Trinajstić information content (AvgIpc) is 3.50. The molecule has 4 aromatic heterocycles. The zero-order valence-corrected chi connectivity index (χ0v) is 20.9. The fourth-order valence-electron chi connectivity index (χ4n) is 3.65. The number of nitrogen functional groups attached to an aromatic ring is 2. The molecule has 0 aliphatic rings. The van der Waals surface area contributed by atoms with Crippen LogP contribution >= 0.6 is 7.60 Å². The van der Waals surface area contributed by atoms with E-state index in [1.54, 1.807) is 9.13 Å². The number of aliphatic hydroxyl groups excluding tert-OH is 2. The summed E-state index contributed by atoms with van der Waals surface area (Å²) in [5.74, 6) is 0.407. The first kappa shape index (κ1) is 26.3. The van der Waals surface area contributed by atoms with Gasteiger partial charge in [0.15, 0.2) is 22.9 Å². The van der Waals surface area contributed by atoms with Crippen molar-refractivity contribution in [2.45, 2.75) is 12.1 Å². The Labute approximate surface area is 211 Å². The molecule has 16 heteroatoms. The number of hydrogen-bond acceptors (Lipinski definition) is 13. The van der Waals surface area contributed by atoms with Crippen LogP contribution in [0.25, 0.3) is 22.3 Å². The lowest BCUT2D eigenvalue weighted by atomic mass is 10.1. The van der Waals surface area contributed by atoms with Crippen molar-refractivity contribution in [1.29, 1.82) is 0 Å². The fraction of sp³-hybridized carbons (Fsp3) is 0.333. The smallest absolute Gasteiger partial charge is 0.328 e. The molecular weight excluding hydrogens is 503 g/mol. The summed E-state index contributed by atoms with van der Waals surface area (Å²) < 4.78 is 27.2. The van der Waals surface area contributed by atoms with E-state index in [1.807, 2.05) is 0 Å². The zero-order valence-electron chi connectivity index (χ0n) is 20.0. The van der Waals surface area contributed by atoms with Crippen molar-refractivity contribution in [2.75, 3.05) is 44.6 Å². The average molecular weight is 530 g/mol. The minimum Gasteiger partial charge on any atom is -0.394 e. The summed E-state index contributed by atoms with van der Waals surface area (Å²) in [6.07, 6.45) is 5.50. The Kier molecular flexibility index (Phi) is 7.61. The van der Waals surface area contributed by atoms with Crippen LogP contribution in [-0.4, -0.2) is 82.3 Å². The van der Waals surface area contributed by atoms with Gasteiger partial charge in [0.25, 0.3) is 0 Å². The van der Waals surface area contributed by atoms with Gasteiger partial charge in [0, 0.05) is 6.66 Å². The van der Waals surface area contributed by atoms with Gasteiger partial charge >= 0.3 is 7.60 Å². The van der Waals surface area contributed by atoms with Crippen molar-refractivity contribution in [3.63, 3.8) is 0 Å². The Bertz CT molecular complexity index is 1390. The highest BCUT2D eigenvalue weighted by atomic mass is 31.2. The molecule has 6 N–H and O–H groups in total. The van der Waals surface area contributed by atoms with E-state index in [2.05, 4.69) is 43.1 Å². The molecule has 37 heavy (non-hydrogen) atoms. The first-order valence-electron chi connectivity index (χ1n) is 11.0. The van der Waals surface area contributed by atoms with E-state index in [9.17, 15) is 14.8 Å². The molecule has 2 unspecified atom stereocenters. The van der Waals surface area contributed by atoms with Gasteiger partial charge in [0.1, 0.15) is 23.7 Å². The van der Waals surface area contributed by atoms with Crippen LogP contribution in [-0.2, 0) is 13.6 Å². The highest BCUT2D eigenvalue weighted by molar-refractivity contribution is 7.52. The van der Waals surface area contributed by atoms with Gasteiger partial charge in [-0.15, -0.1) is 0 Å². The highest BCUT2D eigenvalue weighted by Gasteiger charge is 2.25. The lowest BCUT2D eigenvalue weighted by Gasteiger charge is -2.23. The number of aliphatic hydroxyl groups is 2. The Morgan fingerprint density at radius 2 is 1.27 bits per heavy atom. The van der Waals surface area contributed by atoms with Crippen LogP contribution in [0.5, 0.6) is 0 Å². The molecule has 4 aromatic rings. The molecule has 0 amide bonds. The fourth-order valence-corrected chi connectivity index (χ4v) is 4.53. The molecule has 0 spiro atoms. The largest absolute Gasteiger partial charge is 0.394 e. The standard InChI is InChI=1S/C21H27N10O5P/c1-12(14(4-32)30-10-28-16-18(22)24-8-26-20(16)30)6-35-37(3,34)36-7-13(2)15(5-33)31-11-29-17-19(23)25-9-27-21(17)31/h8-11,14-15,32-33H,1-2,4-7H2,3H3,(H2,22,24,26)(H2,23,25,27). The summed E-state index contributed by atoms with van der Waals surface area (Å²) in [4.78, 5) is 24.5. The molecular formula is C21H27N10O5P. The maximum Gasteiger partial charge on any atom is 0.328 e. The normalized spacial score (nSPS) is 15.0. The summed E-state index contributed by atoms with van der Waals surface area (Å²) in [6, 6.07) is -1.34. The van der Waals surface area contributed by atoms with E-state index in [-0.39, 0.29) is 38.1 Å². The molecule has 0 radical (unpaired) electrons. The number of rotatable bonds is 12. The van der Waals surface area contributed by atoms with Crippen molar-refractivity contribution in [1.82, 2.24) is 39.0 Å². The number of anilines is 2. The highest BCUT2D eigenvalue weighted by Crippen LogP contribution is 2.45. The van der Waals surface area contributed by atoms with Crippen molar-refractivity contribution in [3.05, 3.63) is 49.6 Å². The first-order chi connectivity index (χ1) is 17.7. The number of hydrogen-bond donors (Lipinski definition) is 4. The molecule has 196 valence electrons. The lowest BCUT2D eigenvalue weighted by molar-refractivity contribution is 0.201. The van der Waals surface area contributed by atoms with Crippen LogP contribution < -0.4 is 11.5 Å². The van der Waals surface area contributed by atoms with E-state index >= 15 is 0 Å². The van der Waals surface area contributed by atoms with Gasteiger partial charge in [-0.1, -0.05) is 13.2 Å². The number of nitrogens with two attached hydrogens (primary N) is 2. The minimum atomic E-state index is -3.59. The second kappa shape index (κ2) is 10.7. The topological polar surface area (TPSA) is 215 Å². The summed E-state index contributed by atoms with van der Waals surface area (Å²) in [5, 5.41) is 19.9. The predicted molar refractivity (Wildman–Crippen MR) is 135 cm³/mol. The predicted octanol–water partition coefficient (Wildman–Crippen LogP) is 0.866. The van der Waals surface area contributed by atoms with E-state index in [0.29, 0.717) is 33.5 Å². The summed E-state index contributed by atoms with van der Waals surface area (Å²) in [5.41, 5.74) is 14.1. The molecule has 0 saturated heterocycles. The van der Waals surface area contributed by atoms with Gasteiger partial charge in [0.2, 0.25) is 0 Å². The molecule has 2 atom stereocenters. The molecule has 0 aromatic carbocycles. The summed E-state index contributed by atoms with van der Waals surface area (Å²) in [7, 11) is -3.59. The number of imidazole rings is 2. The van der Waals surface area contributed by atoms with Gasteiger partial charge in [-0.25, -0.2) is 29.9 Å². The number of nitrogens with zero attached hydrogens (tertiary/aromatic N) is 8. The van der Waals surface area contributed by atoms with Crippen LogP contribution in [0, 0.1) is 0 Å². The number of fused-ring (bicyclic) bond motifs is 2. The molecule has 0 aliphatic heterocycles. The number of aromatic nitrogens is 8. The molecule has 0 fully saturated rings. The molecule has 4 heterocycles. The van der Waals surface area contributed by atoms with Gasteiger partial charge < -0.3 is 39.9 Å². The van der Waals surface area contributed by atoms with Crippen molar-refractivity contribution < 1.29 is 23.8 Å². The van der Waals surface area contributed by atoms with Crippen LogP contribution in [0.1, 0.15) is 12.1 Å². The third kappa shape index (κ3) is 5.35. The van der Waals surface area contributed by atoms with Gasteiger partial charge in [-0.05, 0) is 11.1 Å². The monoisotopic (exact) mass is 530 g/mol. The SMILES string of the molecule is C=C(COP(C)(=O)OCC(=C)C(CO)n1cnc2c(N)ncnc21)C(CO)n1cnc2c(N)ncnc21. The van der Waals surface area contributed by atoms with Gasteiger partial charge in [0.05, 0.1) is 51.2 Å². The van der Waals surface area contributed by atoms with Crippen molar-refractivity contribution in [2.24, 2.45) is 0 Å². The van der Waals surface area contributed by atoms with Crippen LogP contribution in [0.15, 0.2) is 49.6 Å². The van der Waals surface area contributed by atoms with Crippen molar-refractivity contribution in [3.8, 4) is 0 Å². The third-order valence-corrected chi connectivity index (χ3v) is 6.90. The first-order valence-corrected chi connectivity index (χ1v) is 13.0. The Morgan fingerprint density at radius 1 is 0.865 bits per heavy atom. The van der Waals surface area contributed by atoms with Gasteiger partial charge in [-0.2, -0.15) is 0 Å². The summed E-state index contributed by atoms with van der Waals surface area (Å²) >= 11 is 0. The van der Waals surface area contributed by atoms with Crippen LogP contribution in [0.2, 0.25) is 0 Å². The Morgan fingerprint density at radius 3 is 1.65 bits per heavy atom.